The number of amides is 2. The van der Waals surface area contributed by atoms with Gasteiger partial charge in [0.1, 0.15) is 18.1 Å². The van der Waals surface area contributed by atoms with E-state index in [-0.39, 0.29) is 24.5 Å². The first-order chi connectivity index (χ1) is 10.6. The number of imidazole rings is 1. The van der Waals surface area contributed by atoms with Crippen LogP contribution in [0.3, 0.4) is 0 Å². The molecule has 1 N–H and O–H groups in total. The zero-order valence-corrected chi connectivity index (χ0v) is 13.2. The minimum absolute atomic E-state index is 0.0510. The third kappa shape index (κ3) is 3.45. The standard InChI is InChI=1S/C14H22N4O4/c1-10-13-16-11(14(20)15-4-7-21-2)8-17(13)5-6-18(10)12(19)9-22-3/h8,10H,4-7,9H2,1-3H3,(H,15,20)/t10-/m0/s1. The Morgan fingerprint density at radius 3 is 2.82 bits per heavy atom. The Morgan fingerprint density at radius 1 is 1.36 bits per heavy atom. The van der Waals surface area contributed by atoms with Gasteiger partial charge in [-0.25, -0.2) is 4.98 Å². The van der Waals surface area contributed by atoms with Crippen molar-refractivity contribution in [3.05, 3.63) is 17.7 Å². The maximum atomic E-state index is 12.0. The summed E-state index contributed by atoms with van der Waals surface area (Å²) in [5.74, 6) is 0.406. The van der Waals surface area contributed by atoms with Gasteiger partial charge in [0.15, 0.2) is 0 Å². The zero-order valence-electron chi connectivity index (χ0n) is 13.2. The molecule has 1 aromatic heterocycles. The van der Waals surface area contributed by atoms with Crippen LogP contribution in [0.4, 0.5) is 0 Å². The first-order valence-electron chi connectivity index (χ1n) is 7.21. The van der Waals surface area contributed by atoms with E-state index < -0.39 is 0 Å². The van der Waals surface area contributed by atoms with E-state index in [4.69, 9.17) is 9.47 Å². The zero-order chi connectivity index (χ0) is 16.1. The van der Waals surface area contributed by atoms with Crippen LogP contribution in [0.5, 0.6) is 0 Å². The van der Waals surface area contributed by atoms with Crippen LogP contribution in [0.2, 0.25) is 0 Å². The third-order valence-corrected chi connectivity index (χ3v) is 3.64. The normalized spacial score (nSPS) is 17.2. The molecule has 8 nitrogen and oxygen atoms in total. The Morgan fingerprint density at radius 2 is 2.14 bits per heavy atom. The minimum atomic E-state index is -0.235. The molecule has 8 heteroatoms. The van der Waals surface area contributed by atoms with Crippen LogP contribution < -0.4 is 5.32 Å². The summed E-state index contributed by atoms with van der Waals surface area (Å²) in [6.07, 6.45) is 1.73. The van der Waals surface area contributed by atoms with Crippen LogP contribution in [0.15, 0.2) is 6.20 Å². The Kier molecular flexibility index (Phi) is 5.51. The van der Waals surface area contributed by atoms with Crippen LogP contribution in [0.1, 0.15) is 29.3 Å². The Bertz CT molecular complexity index is 543. The fraction of sp³-hybridized carbons (Fsp3) is 0.643. The van der Waals surface area contributed by atoms with Crippen molar-refractivity contribution in [2.24, 2.45) is 0 Å². The molecule has 0 fully saturated rings. The van der Waals surface area contributed by atoms with Gasteiger partial charge in [-0.1, -0.05) is 0 Å². The van der Waals surface area contributed by atoms with Gasteiger partial charge in [0.05, 0.1) is 12.6 Å². The van der Waals surface area contributed by atoms with E-state index >= 15 is 0 Å². The van der Waals surface area contributed by atoms with Crippen molar-refractivity contribution < 1.29 is 19.1 Å². The number of nitrogens with one attached hydrogen (secondary N) is 1. The van der Waals surface area contributed by atoms with Gasteiger partial charge in [0.25, 0.3) is 5.91 Å². The van der Waals surface area contributed by atoms with Gasteiger partial charge in [-0.15, -0.1) is 0 Å². The van der Waals surface area contributed by atoms with Gasteiger partial charge in [-0.3, -0.25) is 9.59 Å². The van der Waals surface area contributed by atoms with E-state index in [0.717, 1.165) is 0 Å². The molecule has 2 amide bonds. The van der Waals surface area contributed by atoms with Gasteiger partial charge < -0.3 is 24.3 Å². The summed E-state index contributed by atoms with van der Waals surface area (Å²) in [5.41, 5.74) is 0.360. The van der Waals surface area contributed by atoms with Gasteiger partial charge >= 0.3 is 0 Å². The summed E-state index contributed by atoms with van der Waals surface area (Å²) < 4.78 is 11.7. The minimum Gasteiger partial charge on any atom is -0.383 e. The molecule has 0 aromatic carbocycles. The molecule has 0 spiro atoms. The van der Waals surface area contributed by atoms with Crippen molar-refractivity contribution in [2.75, 3.05) is 40.5 Å². The van der Waals surface area contributed by atoms with Crippen molar-refractivity contribution in [1.29, 1.82) is 0 Å². The quantitative estimate of drug-likeness (QED) is 0.736. The highest BCUT2D eigenvalue weighted by atomic mass is 16.5. The van der Waals surface area contributed by atoms with E-state index in [1.807, 2.05) is 11.5 Å². The molecule has 2 heterocycles. The fourth-order valence-electron chi connectivity index (χ4n) is 2.50. The largest absolute Gasteiger partial charge is 0.383 e. The molecular formula is C14H22N4O4. The molecular weight excluding hydrogens is 288 g/mol. The lowest BCUT2D eigenvalue weighted by Crippen LogP contribution is -2.42. The molecule has 1 aromatic rings. The van der Waals surface area contributed by atoms with Gasteiger partial charge in [-0.2, -0.15) is 0 Å². The van der Waals surface area contributed by atoms with Crippen molar-refractivity contribution in [3.8, 4) is 0 Å². The number of nitrogens with zero attached hydrogens (tertiary/aromatic N) is 3. The van der Waals surface area contributed by atoms with Gasteiger partial charge in [-0.05, 0) is 6.92 Å². The number of carbonyl (C=O) groups excluding carboxylic acids is 2. The first-order valence-corrected chi connectivity index (χ1v) is 7.21. The van der Waals surface area contributed by atoms with Crippen molar-refractivity contribution >= 4 is 11.8 Å². The number of hydrogen-bond acceptors (Lipinski definition) is 5. The maximum Gasteiger partial charge on any atom is 0.271 e. The van der Waals surface area contributed by atoms with Crippen molar-refractivity contribution in [1.82, 2.24) is 19.8 Å². The molecule has 122 valence electrons. The molecule has 0 radical (unpaired) electrons. The lowest BCUT2D eigenvalue weighted by Gasteiger charge is -2.33. The predicted octanol–water partition coefficient (Wildman–Crippen LogP) is -0.191. The summed E-state index contributed by atoms with van der Waals surface area (Å²) in [6, 6.07) is -0.183. The number of carbonyl (C=O) groups is 2. The Hall–Kier alpha value is -1.93. The molecule has 1 aliphatic rings. The number of aromatic nitrogens is 2. The maximum absolute atomic E-state index is 12.0. The second-order valence-corrected chi connectivity index (χ2v) is 5.12. The molecule has 0 aliphatic carbocycles. The first kappa shape index (κ1) is 16.4. The van der Waals surface area contributed by atoms with Crippen LogP contribution >= 0.6 is 0 Å². The fourth-order valence-corrected chi connectivity index (χ4v) is 2.50. The Labute approximate surface area is 129 Å². The monoisotopic (exact) mass is 310 g/mol. The lowest BCUT2D eigenvalue weighted by molar-refractivity contribution is -0.138. The molecule has 22 heavy (non-hydrogen) atoms. The molecule has 2 rings (SSSR count). The summed E-state index contributed by atoms with van der Waals surface area (Å²) in [6.45, 7) is 4.04. The van der Waals surface area contributed by atoms with Crippen molar-refractivity contribution in [3.63, 3.8) is 0 Å². The number of hydrogen-bond donors (Lipinski definition) is 1. The second-order valence-electron chi connectivity index (χ2n) is 5.12. The number of methoxy groups -OCH3 is 2. The second kappa shape index (κ2) is 7.37. The van der Waals surface area contributed by atoms with E-state index in [1.54, 1.807) is 18.2 Å². The van der Waals surface area contributed by atoms with E-state index in [1.165, 1.54) is 7.11 Å². The van der Waals surface area contributed by atoms with Crippen LogP contribution in [-0.2, 0) is 20.8 Å². The summed E-state index contributed by atoms with van der Waals surface area (Å²) >= 11 is 0. The van der Waals surface area contributed by atoms with Crippen LogP contribution in [0.25, 0.3) is 0 Å². The Balaban J connectivity index is 2.08. The molecule has 0 saturated heterocycles. The number of ether oxygens (including phenoxy) is 2. The molecule has 0 bridgehead atoms. The van der Waals surface area contributed by atoms with E-state index in [9.17, 15) is 9.59 Å². The lowest BCUT2D eigenvalue weighted by atomic mass is 10.2. The predicted molar refractivity (Wildman–Crippen MR) is 78.4 cm³/mol. The van der Waals surface area contributed by atoms with Crippen LogP contribution in [0, 0.1) is 0 Å². The third-order valence-electron chi connectivity index (χ3n) is 3.64. The van der Waals surface area contributed by atoms with Crippen molar-refractivity contribution in [2.45, 2.75) is 19.5 Å². The molecule has 1 atom stereocenters. The topological polar surface area (TPSA) is 85.7 Å². The highest BCUT2D eigenvalue weighted by Crippen LogP contribution is 2.24. The SMILES string of the molecule is COCCNC(=O)c1cn2c(n1)[C@H](C)N(C(=O)COC)CC2. The van der Waals surface area contributed by atoms with Gasteiger partial charge in [0, 0.05) is 40.1 Å². The smallest absolute Gasteiger partial charge is 0.271 e. The summed E-state index contributed by atoms with van der Waals surface area (Å²) in [7, 11) is 3.07. The highest BCUT2D eigenvalue weighted by molar-refractivity contribution is 5.92. The average molecular weight is 310 g/mol. The highest BCUT2D eigenvalue weighted by Gasteiger charge is 2.30. The van der Waals surface area contributed by atoms with E-state index in [2.05, 4.69) is 10.3 Å². The number of rotatable bonds is 6. The van der Waals surface area contributed by atoms with Gasteiger partial charge in [0.2, 0.25) is 5.91 Å². The summed E-state index contributed by atoms with van der Waals surface area (Å²) in [4.78, 5) is 30.1. The average Bonchev–Trinajstić information content (AvgIpc) is 2.93. The summed E-state index contributed by atoms with van der Waals surface area (Å²) in [5, 5.41) is 2.74. The van der Waals surface area contributed by atoms with E-state index in [0.29, 0.717) is 37.8 Å². The van der Waals surface area contributed by atoms with Crippen LogP contribution in [-0.4, -0.2) is 66.8 Å². The molecule has 1 aliphatic heterocycles. The molecule has 0 unspecified atom stereocenters. The number of fused-ring (bicyclic) bond motifs is 1. The molecule has 0 saturated carbocycles.